The molecule has 0 spiro atoms. The van der Waals surface area contributed by atoms with E-state index in [9.17, 15) is 4.79 Å². The summed E-state index contributed by atoms with van der Waals surface area (Å²) in [6, 6.07) is 16.2. The van der Waals surface area contributed by atoms with Crippen LogP contribution in [0.15, 0.2) is 58.1 Å². The molecule has 1 N–H and O–H groups in total. The highest BCUT2D eigenvalue weighted by molar-refractivity contribution is 9.10. The lowest BCUT2D eigenvalue weighted by molar-refractivity contribution is -0.118. The van der Waals surface area contributed by atoms with Crippen molar-refractivity contribution >= 4 is 39.3 Å². The second-order valence-corrected chi connectivity index (χ2v) is 7.12. The number of carbonyl (C=O) groups excluding carboxylic acids is 1. The van der Waals surface area contributed by atoms with Crippen molar-refractivity contribution in [2.24, 2.45) is 5.10 Å². The van der Waals surface area contributed by atoms with Crippen LogP contribution < -0.4 is 5.43 Å². The van der Waals surface area contributed by atoms with Gasteiger partial charge in [0.25, 0.3) is 0 Å². The van der Waals surface area contributed by atoms with E-state index in [0.717, 1.165) is 21.5 Å². The van der Waals surface area contributed by atoms with Crippen molar-refractivity contribution in [3.8, 4) is 0 Å². The number of nitrogens with zero attached hydrogens (tertiary/aromatic N) is 1. The summed E-state index contributed by atoms with van der Waals surface area (Å²) in [6.07, 6.45) is 0. The van der Waals surface area contributed by atoms with E-state index in [-0.39, 0.29) is 5.91 Å². The minimum Gasteiger partial charge on any atom is -0.272 e. The lowest BCUT2D eigenvalue weighted by atomic mass is 10.1. The van der Waals surface area contributed by atoms with Crippen molar-refractivity contribution in [2.45, 2.75) is 19.6 Å². The molecule has 0 fully saturated rings. The van der Waals surface area contributed by atoms with Gasteiger partial charge in [0, 0.05) is 10.2 Å². The van der Waals surface area contributed by atoms with Crippen molar-refractivity contribution in [3.63, 3.8) is 0 Å². The molecular formula is C18H19BrN2OS. The second kappa shape index (κ2) is 8.89. The van der Waals surface area contributed by atoms with E-state index in [0.29, 0.717) is 5.75 Å². The molecule has 0 atom stereocenters. The minimum absolute atomic E-state index is 0.0847. The Kier molecular flexibility index (Phi) is 6.86. The lowest BCUT2D eigenvalue weighted by Crippen LogP contribution is -2.21. The third kappa shape index (κ3) is 6.20. The van der Waals surface area contributed by atoms with E-state index in [4.69, 9.17) is 0 Å². The number of benzene rings is 2. The summed E-state index contributed by atoms with van der Waals surface area (Å²) < 4.78 is 1.02. The number of hydrogen-bond donors (Lipinski definition) is 1. The Morgan fingerprint density at radius 2 is 1.78 bits per heavy atom. The Morgan fingerprint density at radius 1 is 1.13 bits per heavy atom. The lowest BCUT2D eigenvalue weighted by Gasteiger charge is -2.04. The van der Waals surface area contributed by atoms with Crippen LogP contribution in [0.4, 0.5) is 0 Å². The predicted octanol–water partition coefficient (Wildman–Crippen LogP) is 4.53. The summed E-state index contributed by atoms with van der Waals surface area (Å²) in [5.74, 6) is 1.13. The van der Waals surface area contributed by atoms with Crippen LogP contribution in [0.1, 0.15) is 23.6 Å². The Labute approximate surface area is 149 Å². The van der Waals surface area contributed by atoms with E-state index < -0.39 is 0 Å². The summed E-state index contributed by atoms with van der Waals surface area (Å²) in [4.78, 5) is 11.8. The van der Waals surface area contributed by atoms with Crippen molar-refractivity contribution in [1.29, 1.82) is 0 Å². The van der Waals surface area contributed by atoms with Crippen LogP contribution in [-0.2, 0) is 10.5 Å². The van der Waals surface area contributed by atoms with Gasteiger partial charge in [-0.2, -0.15) is 5.10 Å². The van der Waals surface area contributed by atoms with Gasteiger partial charge in [0.15, 0.2) is 0 Å². The van der Waals surface area contributed by atoms with Crippen molar-refractivity contribution in [1.82, 2.24) is 5.43 Å². The zero-order chi connectivity index (χ0) is 16.7. The van der Waals surface area contributed by atoms with E-state index in [2.05, 4.69) is 57.6 Å². The van der Waals surface area contributed by atoms with Crippen LogP contribution in [0.25, 0.3) is 0 Å². The van der Waals surface area contributed by atoms with Crippen LogP contribution >= 0.6 is 27.7 Å². The van der Waals surface area contributed by atoms with Crippen molar-refractivity contribution < 1.29 is 4.79 Å². The van der Waals surface area contributed by atoms with Crippen molar-refractivity contribution in [2.75, 3.05) is 5.75 Å². The molecule has 2 rings (SSSR count). The first-order chi connectivity index (χ1) is 11.0. The average Bonchev–Trinajstić information content (AvgIpc) is 2.55. The van der Waals surface area contributed by atoms with E-state index >= 15 is 0 Å². The highest BCUT2D eigenvalue weighted by atomic mass is 79.9. The van der Waals surface area contributed by atoms with Crippen molar-refractivity contribution in [3.05, 3.63) is 69.7 Å². The molecule has 0 aliphatic heterocycles. The molecule has 3 nitrogen and oxygen atoms in total. The van der Waals surface area contributed by atoms with Gasteiger partial charge in [0.2, 0.25) is 5.91 Å². The number of aryl methyl sites for hydroxylation is 1. The second-order valence-electron chi connectivity index (χ2n) is 5.22. The van der Waals surface area contributed by atoms with Crippen LogP contribution in [0.5, 0.6) is 0 Å². The number of rotatable bonds is 6. The minimum atomic E-state index is -0.0847. The van der Waals surface area contributed by atoms with Gasteiger partial charge in [-0.15, -0.1) is 11.8 Å². The Hall–Kier alpha value is -1.59. The average molecular weight is 391 g/mol. The van der Waals surface area contributed by atoms with E-state index in [1.807, 2.05) is 31.2 Å². The van der Waals surface area contributed by atoms with Gasteiger partial charge in [0.1, 0.15) is 0 Å². The van der Waals surface area contributed by atoms with Crippen LogP contribution in [0, 0.1) is 6.92 Å². The first-order valence-corrected chi connectivity index (χ1v) is 9.22. The van der Waals surface area contributed by atoms with E-state index in [1.165, 1.54) is 11.1 Å². The molecule has 0 unspecified atom stereocenters. The number of hydrazone groups is 1. The number of thioether (sulfide) groups is 1. The van der Waals surface area contributed by atoms with Gasteiger partial charge in [0.05, 0.1) is 11.5 Å². The summed E-state index contributed by atoms with van der Waals surface area (Å²) in [5.41, 5.74) is 6.85. The number of amides is 1. The molecule has 0 saturated carbocycles. The Bertz CT molecular complexity index is 681. The molecule has 0 aliphatic rings. The maximum absolute atomic E-state index is 11.8. The molecule has 2 aromatic rings. The Balaban J connectivity index is 1.77. The molecule has 5 heteroatoms. The summed E-state index contributed by atoms with van der Waals surface area (Å²) in [6.45, 7) is 3.94. The monoisotopic (exact) mass is 390 g/mol. The summed E-state index contributed by atoms with van der Waals surface area (Å²) in [7, 11) is 0. The van der Waals surface area contributed by atoms with Gasteiger partial charge in [-0.1, -0.05) is 57.9 Å². The van der Waals surface area contributed by atoms with Gasteiger partial charge in [-0.3, -0.25) is 4.79 Å². The van der Waals surface area contributed by atoms with Crippen LogP contribution in [-0.4, -0.2) is 17.4 Å². The Morgan fingerprint density at radius 3 is 2.43 bits per heavy atom. The fourth-order valence-corrected chi connectivity index (χ4v) is 2.92. The molecular weight excluding hydrogens is 372 g/mol. The highest BCUT2D eigenvalue weighted by Gasteiger charge is 2.02. The number of halogens is 1. The van der Waals surface area contributed by atoms with Crippen LogP contribution in [0.3, 0.4) is 0 Å². The molecule has 0 saturated heterocycles. The smallest absolute Gasteiger partial charge is 0.250 e. The van der Waals surface area contributed by atoms with Crippen LogP contribution in [0.2, 0.25) is 0 Å². The molecule has 120 valence electrons. The summed E-state index contributed by atoms with van der Waals surface area (Å²) >= 11 is 4.98. The molecule has 0 aliphatic carbocycles. The quantitative estimate of drug-likeness (QED) is 0.581. The van der Waals surface area contributed by atoms with E-state index in [1.54, 1.807) is 11.8 Å². The molecule has 0 heterocycles. The first kappa shape index (κ1) is 17.8. The number of nitrogens with one attached hydrogen (secondary N) is 1. The largest absolute Gasteiger partial charge is 0.272 e. The highest BCUT2D eigenvalue weighted by Crippen LogP contribution is 2.13. The van der Waals surface area contributed by atoms with Gasteiger partial charge in [-0.05, 0) is 37.1 Å². The fourth-order valence-electron chi connectivity index (χ4n) is 1.88. The molecule has 0 bridgehead atoms. The zero-order valence-electron chi connectivity index (χ0n) is 13.2. The summed E-state index contributed by atoms with van der Waals surface area (Å²) in [5, 5.41) is 4.15. The topological polar surface area (TPSA) is 41.5 Å². The molecule has 23 heavy (non-hydrogen) atoms. The third-order valence-corrected chi connectivity index (χ3v) is 4.77. The van der Waals surface area contributed by atoms with Gasteiger partial charge < -0.3 is 0 Å². The molecule has 2 aromatic carbocycles. The number of hydrogen-bond acceptors (Lipinski definition) is 3. The van der Waals surface area contributed by atoms with Gasteiger partial charge in [-0.25, -0.2) is 5.43 Å². The molecule has 1 amide bonds. The predicted molar refractivity (Wildman–Crippen MR) is 102 cm³/mol. The fraction of sp³-hybridized carbons (Fsp3) is 0.222. The number of carbonyl (C=O) groups is 1. The normalized spacial score (nSPS) is 11.3. The zero-order valence-corrected chi connectivity index (χ0v) is 15.6. The first-order valence-electron chi connectivity index (χ1n) is 7.27. The SMILES string of the molecule is C/C(=N/NC(=O)CSCc1ccc(C)cc1)c1ccc(Br)cc1. The maximum Gasteiger partial charge on any atom is 0.250 e. The maximum atomic E-state index is 11.8. The molecule has 0 aromatic heterocycles. The molecule has 0 radical (unpaired) electrons. The standard InChI is InChI=1S/C18H19BrN2OS/c1-13-3-5-15(6-4-13)11-23-12-18(22)21-20-14(2)16-7-9-17(19)10-8-16/h3-10H,11-12H2,1-2H3,(H,21,22)/b20-14-. The third-order valence-electron chi connectivity index (χ3n) is 3.23. The van der Waals surface area contributed by atoms with Gasteiger partial charge >= 0.3 is 0 Å².